The monoisotopic (exact) mass is 235 g/mol. The van der Waals surface area contributed by atoms with Crippen molar-refractivity contribution in [3.63, 3.8) is 0 Å². The van der Waals surface area contributed by atoms with Crippen molar-refractivity contribution in [2.24, 2.45) is 0 Å². The zero-order valence-corrected chi connectivity index (χ0v) is 11.3. The van der Waals surface area contributed by atoms with E-state index in [0.29, 0.717) is 0 Å². The summed E-state index contributed by atoms with van der Waals surface area (Å²) in [6.45, 7) is 8.86. The molecule has 94 valence electrons. The summed E-state index contributed by atoms with van der Waals surface area (Å²) in [7, 11) is 1.42. The topological polar surface area (TPSA) is 38.3 Å². The molecule has 0 radical (unpaired) electrons. The lowest BCUT2D eigenvalue weighted by molar-refractivity contribution is -0.143. The number of rotatable bonds is 4. The Labute approximate surface area is 103 Å². The van der Waals surface area contributed by atoms with Crippen LogP contribution in [0, 0.1) is 20.8 Å². The van der Waals surface area contributed by atoms with Crippen LogP contribution in [-0.4, -0.2) is 19.6 Å². The Hall–Kier alpha value is -1.35. The summed E-state index contributed by atoms with van der Waals surface area (Å²) in [5.74, 6) is -0.238. The van der Waals surface area contributed by atoms with Gasteiger partial charge in [0, 0.05) is 0 Å². The maximum Gasteiger partial charge on any atom is 0.327 e. The third-order valence-corrected chi connectivity index (χ3v) is 3.04. The molecule has 0 spiro atoms. The number of carbonyl (C=O) groups excluding carboxylic acids is 1. The van der Waals surface area contributed by atoms with E-state index in [9.17, 15) is 4.79 Å². The highest BCUT2D eigenvalue weighted by Crippen LogP contribution is 2.22. The molecule has 0 amide bonds. The fourth-order valence-corrected chi connectivity index (χ4v) is 1.94. The largest absolute Gasteiger partial charge is 0.468 e. The molecule has 0 saturated heterocycles. The predicted molar refractivity (Wildman–Crippen MR) is 69.1 cm³/mol. The maximum absolute atomic E-state index is 11.8. The highest BCUT2D eigenvalue weighted by Gasteiger charge is 2.22. The lowest BCUT2D eigenvalue weighted by Gasteiger charge is -2.19. The van der Waals surface area contributed by atoms with E-state index in [0.717, 1.165) is 17.7 Å². The molecule has 0 fully saturated rings. The Bertz CT molecular complexity index is 413. The molecule has 1 aromatic carbocycles. The zero-order chi connectivity index (χ0) is 13.0. The molecule has 3 nitrogen and oxygen atoms in total. The number of hydrogen-bond acceptors (Lipinski definition) is 3. The zero-order valence-electron chi connectivity index (χ0n) is 11.3. The number of likely N-dealkylation sites (N-methyl/N-ethyl adjacent to an activating group) is 1. The van der Waals surface area contributed by atoms with Crippen LogP contribution in [-0.2, 0) is 9.53 Å². The van der Waals surface area contributed by atoms with Gasteiger partial charge in [0.25, 0.3) is 0 Å². The number of esters is 1. The summed E-state index contributed by atoms with van der Waals surface area (Å²) < 4.78 is 4.84. The Kier molecular flexibility index (Phi) is 4.70. The van der Waals surface area contributed by atoms with Gasteiger partial charge in [-0.15, -0.1) is 0 Å². The van der Waals surface area contributed by atoms with Crippen LogP contribution in [0.15, 0.2) is 12.1 Å². The van der Waals surface area contributed by atoms with Gasteiger partial charge in [0.05, 0.1) is 7.11 Å². The van der Waals surface area contributed by atoms with Crippen molar-refractivity contribution < 1.29 is 9.53 Å². The molecule has 1 N–H and O–H groups in total. The van der Waals surface area contributed by atoms with Gasteiger partial charge in [-0.2, -0.15) is 0 Å². The van der Waals surface area contributed by atoms with Gasteiger partial charge < -0.3 is 10.1 Å². The van der Waals surface area contributed by atoms with Crippen LogP contribution in [0.3, 0.4) is 0 Å². The molecule has 1 rings (SSSR count). The van der Waals surface area contributed by atoms with Crippen molar-refractivity contribution >= 4 is 5.97 Å². The first-order chi connectivity index (χ1) is 8.01. The minimum atomic E-state index is -0.371. The van der Waals surface area contributed by atoms with Gasteiger partial charge in [0.1, 0.15) is 6.04 Å². The lowest BCUT2D eigenvalue weighted by atomic mass is 9.96. The lowest BCUT2D eigenvalue weighted by Crippen LogP contribution is -2.30. The summed E-state index contributed by atoms with van der Waals surface area (Å²) in [5.41, 5.74) is 4.55. The molecule has 0 saturated carbocycles. The molecule has 17 heavy (non-hydrogen) atoms. The third-order valence-electron chi connectivity index (χ3n) is 3.04. The van der Waals surface area contributed by atoms with Gasteiger partial charge in [0.15, 0.2) is 0 Å². The average Bonchev–Trinajstić information content (AvgIpc) is 2.30. The second-order valence-electron chi connectivity index (χ2n) is 4.31. The molecular formula is C14H21NO2. The summed E-state index contributed by atoms with van der Waals surface area (Å²) in [5, 5.41) is 3.16. The number of nitrogens with one attached hydrogen (secondary N) is 1. The second kappa shape index (κ2) is 5.82. The first-order valence-corrected chi connectivity index (χ1v) is 5.90. The van der Waals surface area contributed by atoms with Crippen LogP contribution >= 0.6 is 0 Å². The second-order valence-corrected chi connectivity index (χ2v) is 4.31. The third kappa shape index (κ3) is 3.07. The van der Waals surface area contributed by atoms with Gasteiger partial charge in [-0.25, -0.2) is 4.79 Å². The summed E-state index contributed by atoms with van der Waals surface area (Å²) >= 11 is 0. The Morgan fingerprint density at radius 3 is 2.35 bits per heavy atom. The first-order valence-electron chi connectivity index (χ1n) is 5.90. The standard InChI is InChI=1S/C14H21NO2/c1-6-15-13(14(16)17-5)12-8-10(3)9(2)7-11(12)4/h7-8,13,15H,6H2,1-5H3. The molecule has 0 heterocycles. The molecule has 0 aliphatic rings. The van der Waals surface area contributed by atoms with Crippen LogP contribution in [0.2, 0.25) is 0 Å². The minimum absolute atomic E-state index is 0.238. The van der Waals surface area contributed by atoms with Crippen LogP contribution in [0.25, 0.3) is 0 Å². The van der Waals surface area contributed by atoms with Gasteiger partial charge >= 0.3 is 5.97 Å². The van der Waals surface area contributed by atoms with E-state index in [2.05, 4.69) is 31.3 Å². The fraction of sp³-hybridized carbons (Fsp3) is 0.500. The molecule has 0 aliphatic heterocycles. The van der Waals surface area contributed by atoms with E-state index in [1.807, 2.05) is 13.8 Å². The number of carbonyl (C=O) groups is 1. The SMILES string of the molecule is CCNC(C(=O)OC)c1cc(C)c(C)cc1C. The number of hydrogen-bond donors (Lipinski definition) is 1. The number of ether oxygens (including phenoxy) is 1. The summed E-state index contributed by atoms with van der Waals surface area (Å²) in [6.07, 6.45) is 0. The Balaban J connectivity index is 3.18. The summed E-state index contributed by atoms with van der Waals surface area (Å²) in [4.78, 5) is 11.8. The van der Waals surface area contributed by atoms with Crippen LogP contribution < -0.4 is 5.32 Å². The van der Waals surface area contributed by atoms with E-state index < -0.39 is 0 Å². The quantitative estimate of drug-likeness (QED) is 0.815. The van der Waals surface area contributed by atoms with Crippen molar-refractivity contribution in [1.29, 1.82) is 0 Å². The molecular weight excluding hydrogens is 214 g/mol. The van der Waals surface area contributed by atoms with Gasteiger partial charge in [-0.1, -0.05) is 19.1 Å². The molecule has 1 aromatic rings. The van der Waals surface area contributed by atoms with Crippen molar-refractivity contribution in [2.45, 2.75) is 33.7 Å². The van der Waals surface area contributed by atoms with Crippen molar-refractivity contribution in [1.82, 2.24) is 5.32 Å². The summed E-state index contributed by atoms with van der Waals surface area (Å²) in [6, 6.07) is 3.80. The number of benzene rings is 1. The molecule has 1 atom stereocenters. The minimum Gasteiger partial charge on any atom is -0.468 e. The predicted octanol–water partition coefficient (Wildman–Crippen LogP) is 2.44. The van der Waals surface area contributed by atoms with Crippen molar-refractivity contribution in [2.75, 3.05) is 13.7 Å². The fourth-order valence-electron chi connectivity index (χ4n) is 1.94. The Morgan fingerprint density at radius 1 is 1.24 bits per heavy atom. The molecule has 0 aliphatic carbocycles. The van der Waals surface area contributed by atoms with Crippen LogP contribution in [0.5, 0.6) is 0 Å². The first kappa shape index (κ1) is 13.7. The van der Waals surface area contributed by atoms with Crippen molar-refractivity contribution in [3.8, 4) is 0 Å². The number of methoxy groups -OCH3 is 1. The van der Waals surface area contributed by atoms with E-state index in [4.69, 9.17) is 4.74 Å². The van der Waals surface area contributed by atoms with E-state index >= 15 is 0 Å². The Morgan fingerprint density at radius 2 is 1.82 bits per heavy atom. The van der Waals surface area contributed by atoms with Crippen LogP contribution in [0.4, 0.5) is 0 Å². The average molecular weight is 235 g/mol. The smallest absolute Gasteiger partial charge is 0.327 e. The van der Waals surface area contributed by atoms with E-state index in [-0.39, 0.29) is 12.0 Å². The molecule has 3 heteroatoms. The maximum atomic E-state index is 11.8. The van der Waals surface area contributed by atoms with E-state index in [1.165, 1.54) is 18.2 Å². The molecule has 0 aromatic heterocycles. The molecule has 0 bridgehead atoms. The van der Waals surface area contributed by atoms with Crippen LogP contribution in [0.1, 0.15) is 35.2 Å². The molecule has 1 unspecified atom stereocenters. The van der Waals surface area contributed by atoms with Gasteiger partial charge in [-0.3, -0.25) is 0 Å². The highest BCUT2D eigenvalue weighted by atomic mass is 16.5. The van der Waals surface area contributed by atoms with Gasteiger partial charge in [-0.05, 0) is 49.6 Å². The highest BCUT2D eigenvalue weighted by molar-refractivity contribution is 5.78. The van der Waals surface area contributed by atoms with Gasteiger partial charge in [0.2, 0.25) is 0 Å². The van der Waals surface area contributed by atoms with E-state index in [1.54, 1.807) is 0 Å². The normalized spacial score (nSPS) is 12.3. The number of aryl methyl sites for hydroxylation is 3. The van der Waals surface area contributed by atoms with Crippen molar-refractivity contribution in [3.05, 3.63) is 34.4 Å².